The van der Waals surface area contributed by atoms with Crippen LogP contribution in [0, 0.1) is 0 Å². The predicted molar refractivity (Wildman–Crippen MR) is 55.5 cm³/mol. The molecule has 0 saturated heterocycles. The standard InChI is InChI=1S/C11H8O5/c1-15-11(14)9-8(12)6-4-2-3-5-7(6)10(13)16-9/h2-5,12H,1H3. The lowest BCUT2D eigenvalue weighted by molar-refractivity contribution is 0.0555. The summed E-state index contributed by atoms with van der Waals surface area (Å²) in [5.74, 6) is -1.76. The Hall–Kier alpha value is -2.30. The second kappa shape index (κ2) is 3.69. The van der Waals surface area contributed by atoms with Crippen LogP contribution in [0.25, 0.3) is 10.8 Å². The summed E-state index contributed by atoms with van der Waals surface area (Å²) < 4.78 is 9.08. The first kappa shape index (κ1) is 10.2. The Bertz CT molecular complexity index is 611. The second-order valence-corrected chi connectivity index (χ2v) is 3.10. The average Bonchev–Trinajstić information content (AvgIpc) is 2.33. The normalized spacial score (nSPS) is 10.3. The van der Waals surface area contributed by atoms with E-state index in [9.17, 15) is 14.7 Å². The number of benzene rings is 1. The number of carbonyl (C=O) groups excluding carboxylic acids is 1. The Morgan fingerprint density at radius 2 is 1.94 bits per heavy atom. The van der Waals surface area contributed by atoms with Gasteiger partial charge < -0.3 is 14.3 Å². The third-order valence-electron chi connectivity index (χ3n) is 2.18. The van der Waals surface area contributed by atoms with E-state index >= 15 is 0 Å². The van der Waals surface area contributed by atoms with Gasteiger partial charge in [-0.15, -0.1) is 0 Å². The number of hydrogen-bond acceptors (Lipinski definition) is 5. The third kappa shape index (κ3) is 1.42. The van der Waals surface area contributed by atoms with Crippen molar-refractivity contribution in [3.63, 3.8) is 0 Å². The topological polar surface area (TPSA) is 76.7 Å². The van der Waals surface area contributed by atoms with E-state index in [1.165, 1.54) is 12.1 Å². The van der Waals surface area contributed by atoms with E-state index in [1.807, 2.05) is 0 Å². The van der Waals surface area contributed by atoms with E-state index in [0.717, 1.165) is 7.11 Å². The molecule has 2 aromatic rings. The maximum atomic E-state index is 11.5. The fourth-order valence-corrected chi connectivity index (χ4v) is 1.42. The van der Waals surface area contributed by atoms with Gasteiger partial charge in [0.15, 0.2) is 5.75 Å². The van der Waals surface area contributed by atoms with Gasteiger partial charge in [0, 0.05) is 5.39 Å². The smallest absolute Gasteiger partial charge is 0.378 e. The fourth-order valence-electron chi connectivity index (χ4n) is 1.42. The van der Waals surface area contributed by atoms with Gasteiger partial charge >= 0.3 is 11.6 Å². The third-order valence-corrected chi connectivity index (χ3v) is 2.18. The number of ether oxygens (including phenoxy) is 1. The molecule has 0 fully saturated rings. The van der Waals surface area contributed by atoms with Crippen molar-refractivity contribution in [2.75, 3.05) is 7.11 Å². The summed E-state index contributed by atoms with van der Waals surface area (Å²) >= 11 is 0. The highest BCUT2D eigenvalue weighted by atomic mass is 16.5. The molecule has 1 aromatic carbocycles. The van der Waals surface area contributed by atoms with E-state index in [-0.39, 0.29) is 16.5 Å². The maximum absolute atomic E-state index is 11.5. The van der Waals surface area contributed by atoms with E-state index in [0.29, 0.717) is 0 Å². The molecule has 2 rings (SSSR count). The van der Waals surface area contributed by atoms with Crippen LogP contribution in [0.3, 0.4) is 0 Å². The largest absolute Gasteiger partial charge is 0.504 e. The molecule has 0 aliphatic carbocycles. The molecule has 0 bridgehead atoms. The molecule has 5 heteroatoms. The van der Waals surface area contributed by atoms with Crippen LogP contribution in [0.15, 0.2) is 33.5 Å². The van der Waals surface area contributed by atoms with Gasteiger partial charge in [-0.3, -0.25) is 0 Å². The minimum Gasteiger partial charge on any atom is -0.504 e. The Balaban J connectivity index is 2.86. The van der Waals surface area contributed by atoms with Crippen LogP contribution in [0.1, 0.15) is 10.6 Å². The highest BCUT2D eigenvalue weighted by molar-refractivity contribution is 5.97. The highest BCUT2D eigenvalue weighted by Crippen LogP contribution is 2.26. The molecule has 5 nitrogen and oxygen atoms in total. The maximum Gasteiger partial charge on any atom is 0.378 e. The Kier molecular flexibility index (Phi) is 2.36. The summed E-state index contributed by atoms with van der Waals surface area (Å²) in [6.45, 7) is 0. The minimum atomic E-state index is -0.889. The summed E-state index contributed by atoms with van der Waals surface area (Å²) in [6.07, 6.45) is 0. The van der Waals surface area contributed by atoms with Crippen LogP contribution in [0.2, 0.25) is 0 Å². The average molecular weight is 220 g/mol. The van der Waals surface area contributed by atoms with Gasteiger partial charge in [0.25, 0.3) is 5.76 Å². The van der Waals surface area contributed by atoms with Crippen molar-refractivity contribution < 1.29 is 19.1 Å². The van der Waals surface area contributed by atoms with Crippen molar-refractivity contribution in [1.82, 2.24) is 0 Å². The lowest BCUT2D eigenvalue weighted by Crippen LogP contribution is -2.08. The number of hydrogen-bond donors (Lipinski definition) is 1. The first-order valence-corrected chi connectivity index (χ1v) is 4.48. The summed E-state index contributed by atoms with van der Waals surface area (Å²) in [5.41, 5.74) is -0.686. The van der Waals surface area contributed by atoms with Gasteiger partial charge in [-0.05, 0) is 6.07 Å². The lowest BCUT2D eigenvalue weighted by atomic mass is 10.1. The Labute approximate surface area is 89.9 Å². The van der Waals surface area contributed by atoms with Gasteiger partial charge in [-0.2, -0.15) is 0 Å². The lowest BCUT2D eigenvalue weighted by Gasteiger charge is -2.03. The molecular weight excluding hydrogens is 212 g/mol. The molecule has 0 aliphatic rings. The molecule has 0 aliphatic heterocycles. The van der Waals surface area contributed by atoms with Crippen LogP contribution in [0.5, 0.6) is 5.75 Å². The number of carbonyl (C=O) groups is 1. The molecule has 0 atom stereocenters. The summed E-state index contributed by atoms with van der Waals surface area (Å²) in [5, 5.41) is 10.2. The quantitative estimate of drug-likeness (QED) is 0.732. The van der Waals surface area contributed by atoms with E-state index in [4.69, 9.17) is 4.42 Å². The molecule has 16 heavy (non-hydrogen) atoms. The predicted octanol–water partition coefficient (Wildman–Crippen LogP) is 1.29. The minimum absolute atomic E-state index is 0.215. The van der Waals surface area contributed by atoms with Crippen LogP contribution in [-0.4, -0.2) is 18.2 Å². The van der Waals surface area contributed by atoms with Crippen molar-refractivity contribution in [1.29, 1.82) is 0 Å². The zero-order valence-electron chi connectivity index (χ0n) is 8.39. The van der Waals surface area contributed by atoms with E-state index in [2.05, 4.69) is 4.74 Å². The van der Waals surface area contributed by atoms with Gasteiger partial charge in [-0.25, -0.2) is 9.59 Å². The van der Waals surface area contributed by atoms with Crippen molar-refractivity contribution in [2.24, 2.45) is 0 Å². The van der Waals surface area contributed by atoms with Crippen molar-refractivity contribution in [3.05, 3.63) is 40.4 Å². The molecular formula is C11H8O5. The van der Waals surface area contributed by atoms with Gasteiger partial charge in [0.1, 0.15) is 0 Å². The zero-order valence-corrected chi connectivity index (χ0v) is 8.39. The number of esters is 1. The monoisotopic (exact) mass is 220 g/mol. The summed E-state index contributed by atoms with van der Waals surface area (Å²) in [4.78, 5) is 22.7. The molecule has 1 N–H and O–H groups in total. The Morgan fingerprint density at radius 3 is 2.56 bits per heavy atom. The molecule has 82 valence electrons. The molecule has 0 saturated carbocycles. The van der Waals surface area contributed by atoms with Crippen molar-refractivity contribution >= 4 is 16.7 Å². The van der Waals surface area contributed by atoms with Crippen molar-refractivity contribution in [2.45, 2.75) is 0 Å². The molecule has 0 spiro atoms. The molecule has 0 radical (unpaired) electrons. The number of fused-ring (bicyclic) bond motifs is 1. The number of methoxy groups -OCH3 is 1. The van der Waals surface area contributed by atoms with Gasteiger partial charge in [0.05, 0.1) is 12.5 Å². The van der Waals surface area contributed by atoms with E-state index < -0.39 is 17.4 Å². The molecule has 0 amide bonds. The van der Waals surface area contributed by atoms with Crippen LogP contribution in [0.4, 0.5) is 0 Å². The van der Waals surface area contributed by atoms with Crippen molar-refractivity contribution in [3.8, 4) is 5.75 Å². The first-order chi connectivity index (χ1) is 7.65. The van der Waals surface area contributed by atoms with E-state index in [1.54, 1.807) is 12.1 Å². The fraction of sp³-hybridized carbons (Fsp3) is 0.0909. The van der Waals surface area contributed by atoms with Crippen LogP contribution < -0.4 is 5.63 Å². The SMILES string of the molecule is COC(=O)c1oc(=O)c2ccccc2c1O. The zero-order chi connectivity index (χ0) is 11.7. The summed E-state index contributed by atoms with van der Waals surface area (Å²) in [6, 6.07) is 6.30. The Morgan fingerprint density at radius 1 is 1.31 bits per heavy atom. The van der Waals surface area contributed by atoms with Gasteiger partial charge in [0.2, 0.25) is 0 Å². The number of aromatic hydroxyl groups is 1. The summed E-state index contributed by atoms with van der Waals surface area (Å²) in [7, 11) is 1.14. The van der Waals surface area contributed by atoms with Crippen LogP contribution >= 0.6 is 0 Å². The first-order valence-electron chi connectivity index (χ1n) is 4.48. The van der Waals surface area contributed by atoms with Crippen LogP contribution in [-0.2, 0) is 4.74 Å². The molecule has 1 aromatic heterocycles. The molecule has 1 heterocycles. The van der Waals surface area contributed by atoms with Gasteiger partial charge in [-0.1, -0.05) is 18.2 Å². The number of rotatable bonds is 1. The second-order valence-electron chi connectivity index (χ2n) is 3.10. The highest BCUT2D eigenvalue weighted by Gasteiger charge is 2.19. The molecule has 0 unspecified atom stereocenters.